The number of amides is 1. The smallest absolute Gasteiger partial charge is 0.271 e. The van der Waals surface area contributed by atoms with Gasteiger partial charge in [0.25, 0.3) is 5.91 Å². The Morgan fingerprint density at radius 2 is 1.88 bits per heavy atom. The summed E-state index contributed by atoms with van der Waals surface area (Å²) in [6.07, 6.45) is 13.7. The highest BCUT2D eigenvalue weighted by Gasteiger charge is 2.20. The minimum Gasteiger partial charge on any atom is -0.364 e. The third-order valence-electron chi connectivity index (χ3n) is 5.24. The van der Waals surface area contributed by atoms with E-state index in [4.69, 9.17) is 5.73 Å². The topological polar surface area (TPSA) is 102 Å². The molecule has 0 radical (unpaired) electrons. The highest BCUT2D eigenvalue weighted by molar-refractivity contribution is 5.96. The number of nitrogens with two attached hydrogens (primary N) is 1. The molecule has 1 aliphatic carbocycles. The van der Waals surface area contributed by atoms with Crippen molar-refractivity contribution in [1.29, 1.82) is 0 Å². The van der Waals surface area contributed by atoms with E-state index in [0.29, 0.717) is 11.9 Å². The summed E-state index contributed by atoms with van der Waals surface area (Å²) in [5.41, 5.74) is 6.43. The van der Waals surface area contributed by atoms with E-state index in [1.165, 1.54) is 19.3 Å². The van der Waals surface area contributed by atoms with Crippen molar-refractivity contribution in [1.82, 2.24) is 19.7 Å². The zero-order chi connectivity index (χ0) is 17.9. The van der Waals surface area contributed by atoms with Gasteiger partial charge >= 0.3 is 0 Å². The molecule has 0 aromatic carbocycles. The first-order chi connectivity index (χ1) is 12.7. The largest absolute Gasteiger partial charge is 0.364 e. The van der Waals surface area contributed by atoms with Gasteiger partial charge in [0.15, 0.2) is 11.5 Å². The molecular weight excluding hydrogens is 330 g/mol. The van der Waals surface area contributed by atoms with Crippen molar-refractivity contribution < 1.29 is 4.79 Å². The van der Waals surface area contributed by atoms with Crippen LogP contribution in [0.3, 0.4) is 0 Å². The number of nitrogens with one attached hydrogen (secondary N) is 1. The number of nitrogens with zero attached hydrogens (tertiary/aromatic N) is 5. The van der Waals surface area contributed by atoms with Crippen LogP contribution in [0.4, 0.5) is 17.3 Å². The second-order valence-corrected chi connectivity index (χ2v) is 7.11. The molecule has 0 spiro atoms. The number of piperidine rings is 1. The van der Waals surface area contributed by atoms with E-state index in [1.54, 1.807) is 12.4 Å². The summed E-state index contributed by atoms with van der Waals surface area (Å²) in [5, 5.41) is 7.65. The molecule has 1 saturated heterocycles. The minimum atomic E-state index is -0.589. The van der Waals surface area contributed by atoms with Crippen LogP contribution in [0.15, 0.2) is 18.6 Å². The number of anilines is 3. The van der Waals surface area contributed by atoms with Crippen LogP contribution in [0.1, 0.15) is 61.5 Å². The Bertz CT molecular complexity index is 776. The molecule has 1 aliphatic heterocycles. The SMILES string of the molecule is NC(=O)c1ncc(N2CCCCC2)nc1Nc1cnn(C2CCCC2)c1. The Morgan fingerprint density at radius 1 is 1.12 bits per heavy atom. The Balaban J connectivity index is 1.58. The number of carbonyl (C=O) groups excluding carboxylic acids is 1. The van der Waals surface area contributed by atoms with Crippen molar-refractivity contribution in [2.24, 2.45) is 5.73 Å². The lowest BCUT2D eigenvalue weighted by atomic mass is 10.1. The molecule has 0 unspecified atom stereocenters. The zero-order valence-electron chi connectivity index (χ0n) is 14.9. The molecule has 2 fully saturated rings. The first kappa shape index (κ1) is 16.8. The van der Waals surface area contributed by atoms with E-state index < -0.39 is 5.91 Å². The van der Waals surface area contributed by atoms with Crippen LogP contribution in [0, 0.1) is 0 Å². The van der Waals surface area contributed by atoms with E-state index >= 15 is 0 Å². The Hall–Kier alpha value is -2.64. The van der Waals surface area contributed by atoms with Crippen molar-refractivity contribution in [3.05, 3.63) is 24.3 Å². The van der Waals surface area contributed by atoms with Gasteiger partial charge in [0, 0.05) is 19.3 Å². The molecule has 26 heavy (non-hydrogen) atoms. The highest BCUT2D eigenvalue weighted by atomic mass is 16.1. The number of hydrogen-bond donors (Lipinski definition) is 2. The van der Waals surface area contributed by atoms with Crippen LogP contribution in [-0.2, 0) is 0 Å². The molecule has 1 saturated carbocycles. The van der Waals surface area contributed by atoms with Gasteiger partial charge in [-0.25, -0.2) is 9.97 Å². The predicted molar refractivity (Wildman–Crippen MR) is 99.6 cm³/mol. The summed E-state index contributed by atoms with van der Waals surface area (Å²) >= 11 is 0. The quantitative estimate of drug-likeness (QED) is 0.855. The maximum absolute atomic E-state index is 11.8. The fraction of sp³-hybridized carbons (Fsp3) is 0.556. The number of hydrogen-bond acceptors (Lipinski definition) is 6. The number of aromatic nitrogens is 4. The summed E-state index contributed by atoms with van der Waals surface area (Å²) in [6.45, 7) is 1.92. The molecule has 0 atom stereocenters. The number of primary amides is 1. The summed E-state index contributed by atoms with van der Waals surface area (Å²) in [5.74, 6) is 0.584. The number of rotatable bonds is 5. The van der Waals surface area contributed by atoms with Crippen molar-refractivity contribution in [2.45, 2.75) is 51.0 Å². The van der Waals surface area contributed by atoms with Gasteiger partial charge in [-0.05, 0) is 32.1 Å². The van der Waals surface area contributed by atoms with Crippen LogP contribution in [-0.4, -0.2) is 38.7 Å². The van der Waals surface area contributed by atoms with E-state index in [2.05, 4.69) is 25.3 Å². The standard InChI is InChI=1S/C18H25N7O/c19-17(26)16-18(23-15(11-20-16)24-8-4-1-5-9-24)22-13-10-21-25(12-13)14-6-2-3-7-14/h10-12,14H,1-9H2,(H2,19,26)(H,22,23). The van der Waals surface area contributed by atoms with Crippen LogP contribution in [0.5, 0.6) is 0 Å². The maximum Gasteiger partial charge on any atom is 0.271 e. The van der Waals surface area contributed by atoms with Crippen LogP contribution in [0.2, 0.25) is 0 Å². The van der Waals surface area contributed by atoms with Crippen LogP contribution < -0.4 is 16.0 Å². The molecular formula is C18H25N7O. The summed E-state index contributed by atoms with van der Waals surface area (Å²) < 4.78 is 2.00. The first-order valence-electron chi connectivity index (χ1n) is 9.43. The molecule has 2 aliphatic rings. The average molecular weight is 355 g/mol. The van der Waals surface area contributed by atoms with E-state index in [0.717, 1.165) is 50.3 Å². The van der Waals surface area contributed by atoms with Gasteiger partial charge < -0.3 is 16.0 Å². The van der Waals surface area contributed by atoms with Crippen molar-refractivity contribution >= 4 is 23.2 Å². The summed E-state index contributed by atoms with van der Waals surface area (Å²) in [6, 6.07) is 0.465. The lowest BCUT2D eigenvalue weighted by Gasteiger charge is -2.27. The summed E-state index contributed by atoms with van der Waals surface area (Å²) in [7, 11) is 0. The second-order valence-electron chi connectivity index (χ2n) is 7.11. The fourth-order valence-corrected chi connectivity index (χ4v) is 3.83. The van der Waals surface area contributed by atoms with Gasteiger partial charge in [-0.1, -0.05) is 12.8 Å². The Labute approximate surface area is 152 Å². The van der Waals surface area contributed by atoms with E-state index in [1.807, 2.05) is 10.9 Å². The molecule has 4 rings (SSSR count). The van der Waals surface area contributed by atoms with Gasteiger partial charge in [0.1, 0.15) is 5.82 Å². The second kappa shape index (κ2) is 7.31. The van der Waals surface area contributed by atoms with E-state index in [-0.39, 0.29) is 5.69 Å². The minimum absolute atomic E-state index is 0.152. The third kappa shape index (κ3) is 3.49. The third-order valence-corrected chi connectivity index (χ3v) is 5.24. The molecule has 3 heterocycles. The molecule has 3 N–H and O–H groups in total. The first-order valence-corrected chi connectivity index (χ1v) is 9.43. The molecule has 2 aromatic heterocycles. The monoisotopic (exact) mass is 355 g/mol. The maximum atomic E-state index is 11.8. The normalized spacial score (nSPS) is 18.2. The lowest BCUT2D eigenvalue weighted by molar-refractivity contribution is 0.0996. The van der Waals surface area contributed by atoms with Crippen molar-refractivity contribution in [3.63, 3.8) is 0 Å². The molecule has 2 aromatic rings. The van der Waals surface area contributed by atoms with Crippen molar-refractivity contribution in [2.75, 3.05) is 23.3 Å². The molecule has 138 valence electrons. The predicted octanol–water partition coefficient (Wildman–Crippen LogP) is 2.62. The Kier molecular flexibility index (Phi) is 4.73. The lowest BCUT2D eigenvalue weighted by Crippen LogP contribution is -2.30. The number of carbonyl (C=O) groups is 1. The van der Waals surface area contributed by atoms with E-state index in [9.17, 15) is 4.79 Å². The summed E-state index contributed by atoms with van der Waals surface area (Å²) in [4.78, 5) is 22.9. The van der Waals surface area contributed by atoms with Gasteiger partial charge in [0.2, 0.25) is 0 Å². The zero-order valence-corrected chi connectivity index (χ0v) is 14.9. The molecule has 8 heteroatoms. The molecule has 1 amide bonds. The van der Waals surface area contributed by atoms with Gasteiger partial charge in [-0.2, -0.15) is 5.10 Å². The fourth-order valence-electron chi connectivity index (χ4n) is 3.83. The average Bonchev–Trinajstić information content (AvgIpc) is 3.34. The van der Waals surface area contributed by atoms with Crippen LogP contribution in [0.25, 0.3) is 0 Å². The molecule has 8 nitrogen and oxygen atoms in total. The van der Waals surface area contributed by atoms with Gasteiger partial charge in [0.05, 0.1) is 24.1 Å². The van der Waals surface area contributed by atoms with Gasteiger partial charge in [-0.3, -0.25) is 9.48 Å². The Morgan fingerprint density at radius 3 is 2.62 bits per heavy atom. The van der Waals surface area contributed by atoms with Gasteiger partial charge in [-0.15, -0.1) is 0 Å². The van der Waals surface area contributed by atoms with Crippen LogP contribution >= 0.6 is 0 Å². The van der Waals surface area contributed by atoms with Crippen molar-refractivity contribution in [3.8, 4) is 0 Å². The highest BCUT2D eigenvalue weighted by Crippen LogP contribution is 2.30. The molecule has 0 bridgehead atoms.